The van der Waals surface area contributed by atoms with Gasteiger partial charge in [0.2, 0.25) is 0 Å². The molecule has 1 N–H and O–H groups in total. The molecular weight excluding hydrogens is 396 g/mol. The third-order valence-corrected chi connectivity index (χ3v) is 4.42. The fourth-order valence-electron chi connectivity index (χ4n) is 2.44. The number of hydrogen-bond donors (Lipinski definition) is 1. The minimum absolute atomic E-state index is 0.224. The lowest BCUT2D eigenvalue weighted by molar-refractivity contribution is -0.138. The fourth-order valence-corrected chi connectivity index (χ4v) is 2.98. The van der Waals surface area contributed by atoms with Crippen LogP contribution in [-0.4, -0.2) is 10.9 Å². The molecule has 0 aliphatic rings. The highest BCUT2D eigenvalue weighted by molar-refractivity contribution is 7.07. The molecule has 9 heteroatoms. The number of rotatable bonds is 6. The Morgan fingerprint density at radius 3 is 2.71 bits per heavy atom. The summed E-state index contributed by atoms with van der Waals surface area (Å²) < 4.78 is 57.8. The molecule has 0 aliphatic carbocycles. The summed E-state index contributed by atoms with van der Waals surface area (Å²) in [6.07, 6.45) is -4.72. The second kappa shape index (κ2) is 8.39. The number of benzene rings is 2. The Labute approximate surface area is 161 Å². The van der Waals surface area contributed by atoms with Gasteiger partial charge in [-0.2, -0.15) is 13.2 Å². The van der Waals surface area contributed by atoms with E-state index in [0.29, 0.717) is 11.8 Å². The van der Waals surface area contributed by atoms with Crippen molar-refractivity contribution in [3.8, 4) is 5.75 Å². The predicted molar refractivity (Wildman–Crippen MR) is 95.5 cm³/mol. The minimum Gasteiger partial charge on any atom is -0.487 e. The number of carbonyl (C=O) groups is 1. The maximum absolute atomic E-state index is 13.2. The number of thiazole rings is 1. The Morgan fingerprint density at radius 1 is 1.18 bits per heavy atom. The van der Waals surface area contributed by atoms with E-state index in [0.717, 1.165) is 17.8 Å². The van der Waals surface area contributed by atoms with Gasteiger partial charge in [-0.3, -0.25) is 4.79 Å². The average molecular weight is 410 g/mol. The third-order valence-electron chi connectivity index (χ3n) is 3.78. The Balaban J connectivity index is 1.66. The molecule has 0 saturated heterocycles. The van der Waals surface area contributed by atoms with Crippen molar-refractivity contribution >= 4 is 17.2 Å². The van der Waals surface area contributed by atoms with Gasteiger partial charge in [0.1, 0.15) is 18.2 Å². The molecule has 0 aliphatic heterocycles. The highest BCUT2D eigenvalue weighted by atomic mass is 32.1. The number of halogens is 4. The van der Waals surface area contributed by atoms with Crippen LogP contribution in [0.15, 0.2) is 53.4 Å². The first kappa shape index (κ1) is 19.8. The number of nitrogens with zero attached hydrogens (tertiary/aromatic N) is 1. The molecule has 0 fully saturated rings. The molecule has 0 radical (unpaired) electrons. The van der Waals surface area contributed by atoms with Crippen molar-refractivity contribution in [1.29, 1.82) is 0 Å². The Hall–Kier alpha value is -2.94. The molecular formula is C19H14F4N2O2S. The van der Waals surface area contributed by atoms with Crippen LogP contribution in [0, 0.1) is 5.82 Å². The van der Waals surface area contributed by atoms with Crippen molar-refractivity contribution in [3.05, 3.63) is 81.6 Å². The first-order valence-corrected chi connectivity index (χ1v) is 9.01. The molecule has 3 aromatic rings. The van der Waals surface area contributed by atoms with Crippen molar-refractivity contribution in [2.45, 2.75) is 19.3 Å². The summed E-state index contributed by atoms with van der Waals surface area (Å²) in [4.78, 5) is 16.4. The van der Waals surface area contributed by atoms with Gasteiger partial charge in [-0.25, -0.2) is 9.37 Å². The number of carbonyl (C=O) groups excluding carboxylic acids is 1. The van der Waals surface area contributed by atoms with Crippen molar-refractivity contribution in [2.24, 2.45) is 0 Å². The van der Waals surface area contributed by atoms with E-state index in [1.54, 1.807) is 17.6 Å². The van der Waals surface area contributed by atoms with E-state index in [-0.39, 0.29) is 17.7 Å². The van der Waals surface area contributed by atoms with Crippen molar-refractivity contribution in [1.82, 2.24) is 10.3 Å². The third kappa shape index (κ3) is 5.07. The number of alkyl halides is 3. The molecule has 1 heterocycles. The molecule has 3 rings (SSSR count). The van der Waals surface area contributed by atoms with Gasteiger partial charge in [0.15, 0.2) is 0 Å². The summed E-state index contributed by atoms with van der Waals surface area (Å²) in [5, 5.41) is 4.25. The van der Waals surface area contributed by atoms with Crippen LogP contribution >= 0.6 is 11.3 Å². The van der Waals surface area contributed by atoms with Crippen molar-refractivity contribution < 1.29 is 27.1 Å². The van der Waals surface area contributed by atoms with Crippen LogP contribution in [-0.2, 0) is 19.3 Å². The van der Waals surface area contributed by atoms with E-state index in [1.165, 1.54) is 23.5 Å². The molecule has 146 valence electrons. The van der Waals surface area contributed by atoms with E-state index < -0.39 is 30.0 Å². The summed E-state index contributed by atoms with van der Waals surface area (Å²) in [6.45, 7) is -0.156. The Bertz CT molecular complexity index is 959. The molecule has 0 spiro atoms. The zero-order valence-corrected chi connectivity index (χ0v) is 15.1. The lowest BCUT2D eigenvalue weighted by Gasteiger charge is -2.14. The molecule has 0 saturated carbocycles. The highest BCUT2D eigenvalue weighted by Crippen LogP contribution is 2.32. The second-order valence-electron chi connectivity index (χ2n) is 5.78. The van der Waals surface area contributed by atoms with Crippen LogP contribution in [0.4, 0.5) is 17.6 Å². The summed E-state index contributed by atoms with van der Waals surface area (Å²) in [5.74, 6) is -1.14. The number of nitrogens with one attached hydrogen (secondary N) is 1. The van der Waals surface area contributed by atoms with E-state index in [9.17, 15) is 22.4 Å². The molecule has 28 heavy (non-hydrogen) atoms. The van der Waals surface area contributed by atoms with E-state index in [4.69, 9.17) is 4.74 Å². The SMILES string of the molecule is O=C(NCc1ccc(F)cc1C(F)(F)F)c1cccc(OCc2cscn2)c1. The summed E-state index contributed by atoms with van der Waals surface area (Å²) in [6, 6.07) is 8.59. The van der Waals surface area contributed by atoms with Gasteiger partial charge in [-0.15, -0.1) is 11.3 Å². The molecule has 0 atom stereocenters. The van der Waals surface area contributed by atoms with E-state index in [1.807, 2.05) is 5.38 Å². The number of ether oxygens (including phenoxy) is 1. The molecule has 4 nitrogen and oxygen atoms in total. The Morgan fingerprint density at radius 2 is 2.00 bits per heavy atom. The first-order valence-electron chi connectivity index (χ1n) is 8.06. The fraction of sp³-hybridized carbons (Fsp3) is 0.158. The smallest absolute Gasteiger partial charge is 0.416 e. The quantitative estimate of drug-likeness (QED) is 0.594. The van der Waals surface area contributed by atoms with Crippen LogP contribution in [0.25, 0.3) is 0 Å². The zero-order chi connectivity index (χ0) is 20.1. The molecule has 0 bridgehead atoms. The first-order chi connectivity index (χ1) is 13.3. The van der Waals surface area contributed by atoms with Gasteiger partial charge < -0.3 is 10.1 Å². The topological polar surface area (TPSA) is 51.2 Å². The van der Waals surface area contributed by atoms with Gasteiger partial charge in [0, 0.05) is 17.5 Å². The van der Waals surface area contributed by atoms with Crippen LogP contribution < -0.4 is 10.1 Å². The van der Waals surface area contributed by atoms with Crippen molar-refractivity contribution in [3.63, 3.8) is 0 Å². The molecule has 1 aromatic heterocycles. The maximum Gasteiger partial charge on any atom is 0.416 e. The summed E-state index contributed by atoms with van der Waals surface area (Å²) in [5.41, 5.74) is 1.31. The zero-order valence-electron chi connectivity index (χ0n) is 14.3. The largest absolute Gasteiger partial charge is 0.487 e. The van der Waals surface area contributed by atoms with E-state index in [2.05, 4.69) is 10.3 Å². The number of amides is 1. The lowest BCUT2D eigenvalue weighted by atomic mass is 10.1. The maximum atomic E-state index is 13.2. The standard InChI is InChI=1S/C19H14F4N2O2S/c20-14-5-4-13(17(7-14)19(21,22)23)8-24-18(26)12-2-1-3-16(6-12)27-9-15-10-28-11-25-15/h1-7,10-11H,8-9H2,(H,24,26). The van der Waals surface area contributed by atoms with Crippen LogP contribution in [0.3, 0.4) is 0 Å². The average Bonchev–Trinajstić information content (AvgIpc) is 3.18. The second-order valence-corrected chi connectivity index (χ2v) is 6.50. The number of aromatic nitrogens is 1. The predicted octanol–water partition coefficient (Wildman–Crippen LogP) is 4.81. The lowest BCUT2D eigenvalue weighted by Crippen LogP contribution is -2.24. The Kier molecular flexibility index (Phi) is 5.93. The van der Waals surface area contributed by atoms with E-state index >= 15 is 0 Å². The van der Waals surface area contributed by atoms with Gasteiger partial charge in [0.25, 0.3) is 5.91 Å². The van der Waals surface area contributed by atoms with Crippen LogP contribution in [0.5, 0.6) is 5.75 Å². The molecule has 1 amide bonds. The van der Waals surface area contributed by atoms with Gasteiger partial charge in [-0.05, 0) is 35.9 Å². The van der Waals surface area contributed by atoms with Crippen LogP contribution in [0.2, 0.25) is 0 Å². The van der Waals surface area contributed by atoms with Gasteiger partial charge in [0.05, 0.1) is 16.8 Å². The monoisotopic (exact) mass is 410 g/mol. The normalized spacial score (nSPS) is 11.3. The minimum atomic E-state index is -4.72. The number of hydrogen-bond acceptors (Lipinski definition) is 4. The van der Waals surface area contributed by atoms with Gasteiger partial charge >= 0.3 is 6.18 Å². The summed E-state index contributed by atoms with van der Waals surface area (Å²) in [7, 11) is 0. The molecule has 0 unspecified atom stereocenters. The summed E-state index contributed by atoms with van der Waals surface area (Å²) >= 11 is 1.43. The molecule has 2 aromatic carbocycles. The van der Waals surface area contributed by atoms with Crippen LogP contribution in [0.1, 0.15) is 27.2 Å². The van der Waals surface area contributed by atoms with Crippen molar-refractivity contribution in [2.75, 3.05) is 0 Å². The van der Waals surface area contributed by atoms with Gasteiger partial charge in [-0.1, -0.05) is 12.1 Å². The highest BCUT2D eigenvalue weighted by Gasteiger charge is 2.33.